The van der Waals surface area contributed by atoms with Crippen LogP contribution in [0, 0.1) is 0 Å². The summed E-state index contributed by atoms with van der Waals surface area (Å²) in [6.45, 7) is 5.40. The largest absolute Gasteiger partial charge is 0.469 e. The minimum absolute atomic E-state index is 0.00444. The second-order valence-electron chi connectivity index (χ2n) is 6.42. The van der Waals surface area contributed by atoms with Gasteiger partial charge >= 0.3 is 7.82 Å². The highest BCUT2D eigenvalue weighted by molar-refractivity contribution is 9.12. The van der Waals surface area contributed by atoms with Crippen LogP contribution in [0.25, 0.3) is 0 Å². The quantitative estimate of drug-likeness (QED) is 0.210. The number of nitrogens with zero attached hydrogens (tertiary/aromatic N) is 3. The molecule has 3 saturated heterocycles. The molecule has 3 heterocycles. The molecule has 9 nitrogen and oxygen atoms in total. The van der Waals surface area contributed by atoms with Crippen LogP contribution in [0.4, 0.5) is 0 Å². The van der Waals surface area contributed by atoms with Crippen molar-refractivity contribution in [2.45, 2.75) is 4.83 Å². The summed E-state index contributed by atoms with van der Waals surface area (Å²) in [5, 5.41) is 0.590. The van der Waals surface area contributed by atoms with Gasteiger partial charge in [0.1, 0.15) is 11.4 Å². The number of ketones is 2. The third-order valence-corrected chi connectivity index (χ3v) is 6.80. The molecule has 0 saturated carbocycles. The zero-order chi connectivity index (χ0) is 19.8. The number of alkyl halides is 2. The Morgan fingerprint density at radius 1 is 1.04 bits per heavy atom. The molecule has 0 spiro atoms. The van der Waals surface area contributed by atoms with Crippen LogP contribution in [0.1, 0.15) is 0 Å². The molecule has 12 heteroatoms. The van der Waals surface area contributed by atoms with Crippen LogP contribution in [-0.2, 0) is 18.7 Å². The summed E-state index contributed by atoms with van der Waals surface area (Å²) in [6, 6.07) is 0. The maximum atomic E-state index is 12.4. The Labute approximate surface area is 173 Å². The van der Waals surface area contributed by atoms with Gasteiger partial charge in [0.15, 0.2) is 0 Å². The van der Waals surface area contributed by atoms with Gasteiger partial charge < -0.3 is 24.5 Å². The van der Waals surface area contributed by atoms with Crippen molar-refractivity contribution in [2.75, 3.05) is 51.2 Å². The number of phosphoric ester groups is 1. The van der Waals surface area contributed by atoms with Crippen molar-refractivity contribution in [2.24, 2.45) is 0 Å². The molecule has 0 amide bonds. The second kappa shape index (κ2) is 8.34. The SMILES string of the molecule is O=C1C=C(N2CC2)C(=O)C(N2CC2)=C1N1CC1.O=P(O)(O)OCC(Br)CBr. The van der Waals surface area contributed by atoms with Gasteiger partial charge in [0.05, 0.1) is 12.3 Å². The van der Waals surface area contributed by atoms with E-state index in [0.717, 1.165) is 39.3 Å². The van der Waals surface area contributed by atoms with E-state index in [1.807, 2.05) is 14.7 Å². The van der Waals surface area contributed by atoms with Gasteiger partial charge in [-0.3, -0.25) is 14.1 Å². The lowest BCUT2D eigenvalue weighted by Gasteiger charge is -2.21. The molecular formula is C15H20Br2N3O6P. The lowest BCUT2D eigenvalue weighted by molar-refractivity contribution is -0.117. The number of hydrogen-bond acceptors (Lipinski definition) is 7. The average Bonchev–Trinajstić information content (AvgIpc) is 3.47. The predicted octanol–water partition coefficient (Wildman–Crippen LogP) is 0.435. The van der Waals surface area contributed by atoms with Crippen LogP contribution in [0.3, 0.4) is 0 Å². The summed E-state index contributed by atoms with van der Waals surface area (Å²) in [7, 11) is -4.28. The average molecular weight is 529 g/mol. The van der Waals surface area contributed by atoms with Gasteiger partial charge in [-0.15, -0.1) is 0 Å². The number of rotatable bonds is 7. The van der Waals surface area contributed by atoms with Crippen LogP contribution in [0.15, 0.2) is 23.2 Å². The van der Waals surface area contributed by atoms with Crippen LogP contribution in [0.2, 0.25) is 0 Å². The molecule has 27 heavy (non-hydrogen) atoms. The monoisotopic (exact) mass is 527 g/mol. The van der Waals surface area contributed by atoms with E-state index in [0.29, 0.717) is 22.4 Å². The molecule has 1 unspecified atom stereocenters. The Morgan fingerprint density at radius 2 is 1.56 bits per heavy atom. The topological polar surface area (TPSA) is 110 Å². The highest BCUT2D eigenvalue weighted by Crippen LogP contribution is 2.36. The standard InChI is InChI=1S/C12H13N3O2.C3H7Br2O4P/c16-9-7-8(13-1-2-13)12(17)11(15-5-6-15)10(9)14-3-4-14;4-1-3(5)2-9-10(6,7)8/h7H,1-6H2;3H,1-2H2,(H2,6,7,8). The van der Waals surface area contributed by atoms with Crippen LogP contribution in [0.5, 0.6) is 0 Å². The predicted molar refractivity (Wildman–Crippen MR) is 104 cm³/mol. The minimum atomic E-state index is -4.28. The molecule has 4 rings (SSSR count). The molecule has 4 aliphatic rings. The fourth-order valence-electron chi connectivity index (χ4n) is 2.50. The van der Waals surface area contributed by atoms with E-state index in [2.05, 4.69) is 36.4 Å². The Hall–Kier alpha value is -0.710. The van der Waals surface area contributed by atoms with Gasteiger partial charge in [0, 0.05) is 55.5 Å². The highest BCUT2D eigenvalue weighted by Gasteiger charge is 2.43. The molecule has 1 aliphatic carbocycles. The summed E-state index contributed by atoms with van der Waals surface area (Å²) in [5.74, 6) is 0.0485. The Balaban J connectivity index is 0.000000183. The molecule has 0 radical (unpaired) electrons. The van der Waals surface area contributed by atoms with Crippen molar-refractivity contribution in [1.82, 2.24) is 14.7 Å². The molecule has 3 aliphatic heterocycles. The van der Waals surface area contributed by atoms with E-state index in [4.69, 9.17) is 9.79 Å². The highest BCUT2D eigenvalue weighted by atomic mass is 79.9. The number of halogens is 2. The molecule has 0 bridgehead atoms. The van der Waals surface area contributed by atoms with Gasteiger partial charge in [-0.05, 0) is 0 Å². The molecule has 1 atom stereocenters. The molecule has 0 aromatic rings. The fraction of sp³-hybridized carbons (Fsp3) is 0.600. The lowest BCUT2D eigenvalue weighted by atomic mass is 10.0. The Morgan fingerprint density at radius 3 is 2.00 bits per heavy atom. The molecule has 0 aromatic carbocycles. The van der Waals surface area contributed by atoms with Crippen molar-refractivity contribution >= 4 is 51.2 Å². The normalized spacial score (nSPS) is 22.4. The van der Waals surface area contributed by atoms with Gasteiger partial charge in [0.2, 0.25) is 11.6 Å². The molecule has 0 aromatic heterocycles. The first-order valence-corrected chi connectivity index (χ1v) is 12.0. The first-order chi connectivity index (χ1) is 12.7. The third kappa shape index (κ3) is 5.88. The van der Waals surface area contributed by atoms with E-state index in [1.54, 1.807) is 0 Å². The number of Topliss-reactive ketones (excluding diaryl/α,β-unsaturated/α-hetero) is 1. The van der Waals surface area contributed by atoms with Crippen molar-refractivity contribution in [3.63, 3.8) is 0 Å². The van der Waals surface area contributed by atoms with E-state index >= 15 is 0 Å². The smallest absolute Gasteiger partial charge is 0.365 e. The van der Waals surface area contributed by atoms with Crippen LogP contribution < -0.4 is 0 Å². The van der Waals surface area contributed by atoms with Crippen molar-refractivity contribution in [3.8, 4) is 0 Å². The van der Waals surface area contributed by atoms with Crippen LogP contribution in [-0.4, -0.2) is 92.1 Å². The van der Waals surface area contributed by atoms with Crippen LogP contribution >= 0.6 is 39.7 Å². The summed E-state index contributed by atoms with van der Waals surface area (Å²) in [4.78, 5) is 46.8. The van der Waals surface area contributed by atoms with Crippen molar-refractivity contribution < 1.29 is 28.5 Å². The fourth-order valence-corrected chi connectivity index (χ4v) is 3.40. The zero-order valence-electron chi connectivity index (χ0n) is 14.4. The van der Waals surface area contributed by atoms with E-state index in [1.165, 1.54) is 6.08 Å². The lowest BCUT2D eigenvalue weighted by Crippen LogP contribution is -2.29. The molecule has 3 fully saturated rings. The first kappa shape index (κ1) is 21.0. The van der Waals surface area contributed by atoms with E-state index in [9.17, 15) is 14.2 Å². The zero-order valence-corrected chi connectivity index (χ0v) is 18.5. The van der Waals surface area contributed by atoms with Gasteiger partial charge in [-0.25, -0.2) is 4.57 Å². The van der Waals surface area contributed by atoms with Crippen molar-refractivity contribution in [1.29, 1.82) is 0 Å². The molecular weight excluding hydrogens is 509 g/mol. The van der Waals surface area contributed by atoms with Gasteiger partial charge in [-0.1, -0.05) is 31.9 Å². The summed E-state index contributed by atoms with van der Waals surface area (Å²) >= 11 is 6.22. The van der Waals surface area contributed by atoms with E-state index in [-0.39, 0.29) is 23.0 Å². The number of carbonyl (C=O) groups is 2. The summed E-state index contributed by atoms with van der Waals surface area (Å²) in [6.07, 6.45) is 1.52. The number of hydrogen-bond donors (Lipinski definition) is 2. The molecule has 2 N–H and O–H groups in total. The third-order valence-electron chi connectivity index (χ3n) is 4.08. The number of allylic oxidation sites excluding steroid dienone is 1. The molecule has 150 valence electrons. The Bertz CT molecular complexity index is 740. The summed E-state index contributed by atoms with van der Waals surface area (Å²) < 4.78 is 14.3. The first-order valence-electron chi connectivity index (χ1n) is 8.41. The van der Waals surface area contributed by atoms with Gasteiger partial charge in [-0.2, -0.15) is 0 Å². The minimum Gasteiger partial charge on any atom is -0.365 e. The van der Waals surface area contributed by atoms with E-state index < -0.39 is 7.82 Å². The van der Waals surface area contributed by atoms with Crippen molar-refractivity contribution in [3.05, 3.63) is 23.2 Å². The Kier molecular flexibility index (Phi) is 6.49. The maximum Gasteiger partial charge on any atom is 0.469 e. The number of phosphoric acid groups is 1. The summed E-state index contributed by atoms with van der Waals surface area (Å²) in [5.41, 5.74) is 1.89. The second-order valence-corrected chi connectivity index (χ2v) is 9.60. The number of carbonyl (C=O) groups excluding carboxylic acids is 2. The maximum absolute atomic E-state index is 12.4. The van der Waals surface area contributed by atoms with Gasteiger partial charge in [0.25, 0.3) is 0 Å².